The Bertz CT molecular complexity index is 287. The van der Waals surface area contributed by atoms with Gasteiger partial charge in [0.05, 0.1) is 0 Å². The molecule has 5 N–H and O–H groups in total. The zero-order chi connectivity index (χ0) is 10.0. The molecule has 0 saturated carbocycles. The van der Waals surface area contributed by atoms with E-state index < -0.39 is 0 Å². The molecule has 0 spiro atoms. The maximum Gasteiger partial charge on any atom is 0.121 e. The Morgan fingerprint density at radius 3 is 2.15 bits per heavy atom. The number of aromatic hydroxyl groups is 1. The lowest BCUT2D eigenvalue weighted by atomic mass is 10.0. The number of hydrogen-bond acceptors (Lipinski definition) is 3. The first-order chi connectivity index (χ1) is 6.06. The fourth-order valence-electron chi connectivity index (χ4n) is 1.34. The third kappa shape index (κ3) is 1.99. The molecule has 1 aromatic carbocycles. The quantitative estimate of drug-likeness (QED) is 0.635. The van der Waals surface area contributed by atoms with Crippen LogP contribution in [0.1, 0.15) is 22.7 Å². The van der Waals surface area contributed by atoms with Crippen LogP contribution in [0.5, 0.6) is 5.75 Å². The number of aryl methyl sites for hydroxylation is 2. The number of benzene rings is 1. The molecule has 0 aliphatic rings. The molecular weight excluding hydrogens is 164 g/mol. The van der Waals surface area contributed by atoms with Crippen LogP contribution in [0.2, 0.25) is 0 Å². The highest BCUT2D eigenvalue weighted by Crippen LogP contribution is 2.24. The number of phenolic OH excluding ortho intramolecular Hbond substituents is 1. The molecule has 0 aromatic heterocycles. The monoisotopic (exact) mass is 180 g/mol. The average Bonchev–Trinajstić information content (AvgIpc) is 2.12. The van der Waals surface area contributed by atoms with Gasteiger partial charge in [-0.3, -0.25) is 0 Å². The molecule has 3 nitrogen and oxygen atoms in total. The van der Waals surface area contributed by atoms with Crippen LogP contribution >= 0.6 is 0 Å². The maximum absolute atomic E-state index is 9.51. The molecule has 1 rings (SSSR count). The zero-order valence-corrected chi connectivity index (χ0v) is 8.04. The van der Waals surface area contributed by atoms with Gasteiger partial charge in [0.15, 0.2) is 0 Å². The van der Waals surface area contributed by atoms with E-state index in [1.165, 1.54) is 0 Å². The standard InChI is InChI=1S/C10H16N2O/c1-6-3-8(9(12)5-11)4-7(2)10(6)13/h3-4,9,13H,5,11-12H2,1-2H3/t9-/m1/s1. The molecule has 0 unspecified atom stereocenters. The summed E-state index contributed by atoms with van der Waals surface area (Å²) in [7, 11) is 0. The SMILES string of the molecule is Cc1cc([C@H](N)CN)cc(C)c1O. The van der Waals surface area contributed by atoms with Gasteiger partial charge in [-0.1, -0.05) is 12.1 Å². The summed E-state index contributed by atoms with van der Waals surface area (Å²) in [6.45, 7) is 4.13. The van der Waals surface area contributed by atoms with Crippen molar-refractivity contribution in [3.05, 3.63) is 28.8 Å². The highest BCUT2D eigenvalue weighted by atomic mass is 16.3. The summed E-state index contributed by atoms with van der Waals surface area (Å²) in [5.41, 5.74) is 13.9. The molecule has 13 heavy (non-hydrogen) atoms. The average molecular weight is 180 g/mol. The van der Waals surface area contributed by atoms with E-state index in [0.29, 0.717) is 12.3 Å². The van der Waals surface area contributed by atoms with E-state index in [2.05, 4.69) is 0 Å². The lowest BCUT2D eigenvalue weighted by Crippen LogP contribution is -2.20. The van der Waals surface area contributed by atoms with Crippen molar-refractivity contribution in [3.63, 3.8) is 0 Å². The molecule has 1 atom stereocenters. The molecule has 0 saturated heterocycles. The van der Waals surface area contributed by atoms with Crippen molar-refractivity contribution in [2.24, 2.45) is 11.5 Å². The number of rotatable bonds is 2. The Hall–Kier alpha value is -1.06. The Morgan fingerprint density at radius 1 is 1.31 bits per heavy atom. The summed E-state index contributed by atoms with van der Waals surface area (Å²) in [6, 6.07) is 3.61. The van der Waals surface area contributed by atoms with E-state index in [1.807, 2.05) is 26.0 Å². The Morgan fingerprint density at radius 2 is 1.77 bits per heavy atom. The highest BCUT2D eigenvalue weighted by Gasteiger charge is 2.07. The largest absolute Gasteiger partial charge is 0.507 e. The van der Waals surface area contributed by atoms with Crippen LogP contribution in [0.25, 0.3) is 0 Å². The fourth-order valence-corrected chi connectivity index (χ4v) is 1.34. The van der Waals surface area contributed by atoms with E-state index in [1.54, 1.807) is 0 Å². The van der Waals surface area contributed by atoms with Crippen LogP contribution in [0.4, 0.5) is 0 Å². The topological polar surface area (TPSA) is 72.3 Å². The number of nitrogens with two attached hydrogens (primary N) is 2. The van der Waals surface area contributed by atoms with Crippen molar-refractivity contribution in [3.8, 4) is 5.75 Å². The Labute approximate surface area is 78.4 Å². The molecule has 0 bridgehead atoms. The van der Waals surface area contributed by atoms with Crippen LogP contribution in [0.15, 0.2) is 12.1 Å². The zero-order valence-electron chi connectivity index (χ0n) is 8.04. The third-order valence-electron chi connectivity index (χ3n) is 2.20. The van der Waals surface area contributed by atoms with E-state index in [9.17, 15) is 5.11 Å². The van der Waals surface area contributed by atoms with E-state index in [0.717, 1.165) is 16.7 Å². The van der Waals surface area contributed by atoms with Gasteiger partial charge in [-0.2, -0.15) is 0 Å². The van der Waals surface area contributed by atoms with Crippen molar-refractivity contribution in [2.45, 2.75) is 19.9 Å². The normalized spacial score (nSPS) is 12.9. The van der Waals surface area contributed by atoms with Gasteiger partial charge in [-0.15, -0.1) is 0 Å². The van der Waals surface area contributed by atoms with Gasteiger partial charge in [0.2, 0.25) is 0 Å². The summed E-state index contributed by atoms with van der Waals surface area (Å²) in [4.78, 5) is 0. The van der Waals surface area contributed by atoms with Gasteiger partial charge >= 0.3 is 0 Å². The minimum atomic E-state index is -0.141. The minimum Gasteiger partial charge on any atom is -0.507 e. The van der Waals surface area contributed by atoms with Crippen LogP contribution in [-0.4, -0.2) is 11.7 Å². The molecule has 3 heteroatoms. The lowest BCUT2D eigenvalue weighted by molar-refractivity contribution is 0.466. The molecular formula is C10H16N2O. The Kier molecular flexibility index (Phi) is 2.90. The second kappa shape index (κ2) is 3.77. The van der Waals surface area contributed by atoms with E-state index >= 15 is 0 Å². The van der Waals surface area contributed by atoms with Crippen LogP contribution < -0.4 is 11.5 Å². The Balaban J connectivity index is 3.13. The van der Waals surface area contributed by atoms with Crippen molar-refractivity contribution in [1.29, 1.82) is 0 Å². The van der Waals surface area contributed by atoms with E-state index in [4.69, 9.17) is 11.5 Å². The fraction of sp³-hybridized carbons (Fsp3) is 0.400. The summed E-state index contributed by atoms with van der Waals surface area (Å²) in [5.74, 6) is 0.341. The first kappa shape index (κ1) is 10.0. The van der Waals surface area contributed by atoms with Crippen molar-refractivity contribution < 1.29 is 5.11 Å². The summed E-state index contributed by atoms with van der Waals surface area (Å²) in [5, 5.41) is 9.51. The van der Waals surface area contributed by atoms with Crippen molar-refractivity contribution in [1.82, 2.24) is 0 Å². The smallest absolute Gasteiger partial charge is 0.121 e. The van der Waals surface area contributed by atoms with Gasteiger partial charge in [0.25, 0.3) is 0 Å². The van der Waals surface area contributed by atoms with Gasteiger partial charge in [0.1, 0.15) is 5.75 Å². The first-order valence-corrected chi connectivity index (χ1v) is 4.32. The summed E-state index contributed by atoms with van der Waals surface area (Å²) in [6.07, 6.45) is 0. The van der Waals surface area contributed by atoms with Crippen LogP contribution in [-0.2, 0) is 0 Å². The molecule has 0 amide bonds. The molecule has 0 aliphatic carbocycles. The van der Waals surface area contributed by atoms with Gasteiger partial charge in [0, 0.05) is 12.6 Å². The predicted molar refractivity (Wildman–Crippen MR) is 53.6 cm³/mol. The number of phenols is 1. The third-order valence-corrected chi connectivity index (χ3v) is 2.20. The van der Waals surface area contributed by atoms with E-state index in [-0.39, 0.29) is 6.04 Å². The molecule has 72 valence electrons. The van der Waals surface area contributed by atoms with Crippen LogP contribution in [0, 0.1) is 13.8 Å². The maximum atomic E-state index is 9.51. The lowest BCUT2D eigenvalue weighted by Gasteiger charge is -2.12. The van der Waals surface area contributed by atoms with Gasteiger partial charge < -0.3 is 16.6 Å². The second-order valence-corrected chi connectivity index (χ2v) is 3.35. The van der Waals surface area contributed by atoms with Crippen LogP contribution in [0.3, 0.4) is 0 Å². The summed E-state index contributed by atoms with van der Waals surface area (Å²) < 4.78 is 0. The highest BCUT2D eigenvalue weighted by molar-refractivity contribution is 5.43. The summed E-state index contributed by atoms with van der Waals surface area (Å²) >= 11 is 0. The minimum absolute atomic E-state index is 0.141. The molecule has 0 heterocycles. The number of hydrogen-bond donors (Lipinski definition) is 3. The van der Waals surface area contributed by atoms with Crippen molar-refractivity contribution in [2.75, 3.05) is 6.54 Å². The van der Waals surface area contributed by atoms with Gasteiger partial charge in [-0.25, -0.2) is 0 Å². The molecule has 1 aromatic rings. The molecule has 0 radical (unpaired) electrons. The molecule has 0 aliphatic heterocycles. The molecule has 0 fully saturated rings. The second-order valence-electron chi connectivity index (χ2n) is 3.35. The van der Waals surface area contributed by atoms with Gasteiger partial charge in [-0.05, 0) is 30.5 Å². The predicted octanol–water partition coefficient (Wildman–Crippen LogP) is 0.968. The van der Waals surface area contributed by atoms with Crippen molar-refractivity contribution >= 4 is 0 Å². The first-order valence-electron chi connectivity index (χ1n) is 4.32.